The second-order valence-electron chi connectivity index (χ2n) is 14.5. The maximum absolute atomic E-state index is 2.42. The van der Waals surface area contributed by atoms with Crippen LogP contribution in [0.15, 0.2) is 212 Å². The fraction of sp³-hybridized carbons (Fsp3) is 0. The van der Waals surface area contributed by atoms with Crippen molar-refractivity contribution in [2.75, 3.05) is 0 Å². The van der Waals surface area contributed by atoms with Gasteiger partial charge in [0.25, 0.3) is 0 Å². The summed E-state index contributed by atoms with van der Waals surface area (Å²) in [4.78, 5) is 0. The highest BCUT2D eigenvalue weighted by Gasteiger charge is 2.18. The summed E-state index contributed by atoms with van der Waals surface area (Å²) in [6.45, 7) is 0. The van der Waals surface area contributed by atoms with E-state index in [4.69, 9.17) is 0 Å². The topological polar surface area (TPSA) is 4.93 Å². The minimum atomic E-state index is 1.16. The van der Waals surface area contributed by atoms with E-state index in [9.17, 15) is 0 Å². The van der Waals surface area contributed by atoms with Gasteiger partial charge in [-0.15, -0.1) is 0 Å². The number of fused-ring (bicyclic) bond motifs is 5. The summed E-state index contributed by atoms with van der Waals surface area (Å²) in [5.74, 6) is 0. The molecule has 0 fully saturated rings. The summed E-state index contributed by atoms with van der Waals surface area (Å²) >= 11 is 0. The van der Waals surface area contributed by atoms with Gasteiger partial charge in [-0.25, -0.2) is 0 Å². The van der Waals surface area contributed by atoms with E-state index >= 15 is 0 Å². The number of para-hydroxylation sites is 1. The third-order valence-corrected chi connectivity index (χ3v) is 11.3. The standard InChI is InChI=1S/C54H35N/c1-2-14-40(15-3-1)53-47-19-9-10-20-48(47)54(45-27-24-36-12-4-6-16-41(36)32-45)50-34-43(29-31-49(50)53)38-22-25-39(26-23-38)52-35-44-18-8-11-21-51(44)55(52)46-30-28-37-13-5-7-17-42(37)33-46/h1-35H. The molecule has 55 heavy (non-hydrogen) atoms. The number of benzene rings is 10. The smallest absolute Gasteiger partial charge is 0.0540 e. The van der Waals surface area contributed by atoms with E-state index < -0.39 is 0 Å². The van der Waals surface area contributed by atoms with E-state index in [1.54, 1.807) is 0 Å². The summed E-state index contributed by atoms with van der Waals surface area (Å²) in [6.07, 6.45) is 0. The number of aromatic nitrogens is 1. The fourth-order valence-corrected chi connectivity index (χ4v) is 8.72. The lowest BCUT2D eigenvalue weighted by molar-refractivity contribution is 1.14. The monoisotopic (exact) mass is 697 g/mol. The Labute approximate surface area is 320 Å². The Morgan fingerprint density at radius 3 is 1.53 bits per heavy atom. The van der Waals surface area contributed by atoms with E-state index in [1.165, 1.54) is 98.6 Å². The third kappa shape index (κ3) is 5.24. The van der Waals surface area contributed by atoms with Crippen molar-refractivity contribution in [1.82, 2.24) is 4.57 Å². The SMILES string of the molecule is c1ccc(-c2c3ccccc3c(-c3ccc4ccccc4c3)c3cc(-c4ccc(-c5cc6ccccc6n5-c5ccc6ccccc6c5)cc4)ccc23)cc1. The Balaban J connectivity index is 1.09. The van der Waals surface area contributed by atoms with E-state index in [1.807, 2.05) is 0 Å². The van der Waals surface area contributed by atoms with Gasteiger partial charge in [-0.2, -0.15) is 0 Å². The Morgan fingerprint density at radius 2 is 0.782 bits per heavy atom. The molecule has 1 aromatic heterocycles. The van der Waals surface area contributed by atoms with Gasteiger partial charge in [0.2, 0.25) is 0 Å². The molecule has 256 valence electrons. The zero-order chi connectivity index (χ0) is 36.3. The van der Waals surface area contributed by atoms with Gasteiger partial charge < -0.3 is 4.57 Å². The molecule has 0 aliphatic heterocycles. The third-order valence-electron chi connectivity index (χ3n) is 11.3. The van der Waals surface area contributed by atoms with Crippen molar-refractivity contribution in [3.05, 3.63) is 212 Å². The van der Waals surface area contributed by atoms with Crippen LogP contribution in [0.1, 0.15) is 0 Å². The zero-order valence-electron chi connectivity index (χ0n) is 30.2. The molecule has 0 bridgehead atoms. The van der Waals surface area contributed by atoms with Crippen molar-refractivity contribution in [2.24, 2.45) is 0 Å². The predicted molar refractivity (Wildman–Crippen MR) is 235 cm³/mol. The molecule has 0 aliphatic carbocycles. The molecule has 0 radical (unpaired) electrons. The highest BCUT2D eigenvalue weighted by Crippen LogP contribution is 2.45. The van der Waals surface area contributed by atoms with Gasteiger partial charge in [-0.3, -0.25) is 0 Å². The molecule has 1 nitrogen and oxygen atoms in total. The second kappa shape index (κ2) is 12.7. The molecular formula is C54H35N. The predicted octanol–water partition coefficient (Wildman–Crippen LogP) is 14.9. The van der Waals surface area contributed by atoms with E-state index in [0.29, 0.717) is 0 Å². The molecule has 0 atom stereocenters. The molecule has 0 spiro atoms. The highest BCUT2D eigenvalue weighted by molar-refractivity contribution is 6.22. The van der Waals surface area contributed by atoms with Crippen molar-refractivity contribution < 1.29 is 0 Å². The van der Waals surface area contributed by atoms with Crippen molar-refractivity contribution in [3.8, 4) is 50.3 Å². The average Bonchev–Trinajstić information content (AvgIpc) is 3.65. The van der Waals surface area contributed by atoms with E-state index in [0.717, 1.165) is 5.69 Å². The quantitative estimate of drug-likeness (QED) is 0.158. The number of rotatable bonds is 5. The van der Waals surface area contributed by atoms with Gasteiger partial charge >= 0.3 is 0 Å². The van der Waals surface area contributed by atoms with Crippen LogP contribution in [-0.2, 0) is 0 Å². The van der Waals surface area contributed by atoms with Gasteiger partial charge in [0.1, 0.15) is 0 Å². The number of hydrogen-bond donors (Lipinski definition) is 0. The Morgan fingerprint density at radius 1 is 0.255 bits per heavy atom. The molecule has 0 unspecified atom stereocenters. The maximum atomic E-state index is 2.42. The molecule has 0 N–H and O–H groups in total. The molecule has 11 rings (SSSR count). The van der Waals surface area contributed by atoms with Crippen LogP contribution < -0.4 is 0 Å². The van der Waals surface area contributed by atoms with Crippen molar-refractivity contribution >= 4 is 54.0 Å². The highest BCUT2D eigenvalue weighted by atomic mass is 15.0. The normalized spacial score (nSPS) is 11.6. The van der Waals surface area contributed by atoms with Gasteiger partial charge in [-0.1, -0.05) is 176 Å². The minimum absolute atomic E-state index is 1.16. The lowest BCUT2D eigenvalue weighted by Gasteiger charge is -2.19. The second-order valence-corrected chi connectivity index (χ2v) is 14.5. The summed E-state index contributed by atoms with van der Waals surface area (Å²) in [5, 5.41) is 11.3. The van der Waals surface area contributed by atoms with Crippen LogP contribution in [0, 0.1) is 0 Å². The minimum Gasteiger partial charge on any atom is -0.309 e. The van der Waals surface area contributed by atoms with Crippen LogP contribution in [0.25, 0.3) is 104 Å². The zero-order valence-corrected chi connectivity index (χ0v) is 30.2. The number of hydrogen-bond acceptors (Lipinski definition) is 0. The molecule has 1 heteroatoms. The van der Waals surface area contributed by atoms with Crippen LogP contribution in [0.5, 0.6) is 0 Å². The van der Waals surface area contributed by atoms with Gasteiger partial charge in [0.05, 0.1) is 11.2 Å². The molecule has 0 saturated carbocycles. The molecule has 10 aromatic carbocycles. The lowest BCUT2D eigenvalue weighted by Crippen LogP contribution is -1.97. The number of nitrogens with zero attached hydrogens (tertiary/aromatic N) is 1. The van der Waals surface area contributed by atoms with Crippen LogP contribution >= 0.6 is 0 Å². The average molecular weight is 698 g/mol. The largest absolute Gasteiger partial charge is 0.309 e. The maximum Gasteiger partial charge on any atom is 0.0540 e. The Kier molecular flexibility index (Phi) is 7.25. The van der Waals surface area contributed by atoms with Crippen LogP contribution in [0.3, 0.4) is 0 Å². The van der Waals surface area contributed by atoms with Crippen molar-refractivity contribution in [1.29, 1.82) is 0 Å². The molecule has 0 saturated heterocycles. The lowest BCUT2D eigenvalue weighted by atomic mass is 9.84. The summed E-state index contributed by atoms with van der Waals surface area (Å²) in [7, 11) is 0. The molecule has 0 aliphatic rings. The van der Waals surface area contributed by atoms with Crippen LogP contribution in [-0.4, -0.2) is 4.57 Å². The van der Waals surface area contributed by atoms with Gasteiger partial charge in [0.15, 0.2) is 0 Å². The van der Waals surface area contributed by atoms with Crippen molar-refractivity contribution in [2.45, 2.75) is 0 Å². The molecular weight excluding hydrogens is 663 g/mol. The first-order chi connectivity index (χ1) is 27.3. The first kappa shape index (κ1) is 31.3. The molecule has 0 amide bonds. The molecule has 1 heterocycles. The van der Waals surface area contributed by atoms with Gasteiger partial charge in [0, 0.05) is 11.1 Å². The first-order valence-corrected chi connectivity index (χ1v) is 19.0. The Hall–Kier alpha value is -7.22. The molecule has 11 aromatic rings. The fourth-order valence-electron chi connectivity index (χ4n) is 8.72. The summed E-state index contributed by atoms with van der Waals surface area (Å²) in [6, 6.07) is 77.9. The van der Waals surface area contributed by atoms with Gasteiger partial charge in [-0.05, 0) is 118 Å². The summed E-state index contributed by atoms with van der Waals surface area (Å²) in [5.41, 5.74) is 12.1. The van der Waals surface area contributed by atoms with Crippen LogP contribution in [0.2, 0.25) is 0 Å². The first-order valence-electron chi connectivity index (χ1n) is 19.0. The van der Waals surface area contributed by atoms with E-state index in [-0.39, 0.29) is 0 Å². The van der Waals surface area contributed by atoms with Crippen molar-refractivity contribution in [3.63, 3.8) is 0 Å². The Bertz CT molecular complexity index is 3240. The summed E-state index contributed by atoms with van der Waals surface area (Å²) < 4.78 is 2.40. The van der Waals surface area contributed by atoms with E-state index in [2.05, 4.69) is 217 Å². The van der Waals surface area contributed by atoms with Crippen LogP contribution in [0.4, 0.5) is 0 Å².